The zero-order valence-corrected chi connectivity index (χ0v) is 11.7. The van der Waals surface area contributed by atoms with Gasteiger partial charge in [0.1, 0.15) is 0 Å². The van der Waals surface area contributed by atoms with Crippen molar-refractivity contribution >= 4 is 16.5 Å². The number of benzene rings is 1. The Balaban J connectivity index is 2.84. The van der Waals surface area contributed by atoms with Crippen LogP contribution in [0.25, 0.3) is 0 Å². The van der Waals surface area contributed by atoms with Gasteiger partial charge in [-0.25, -0.2) is 0 Å². The first-order valence-electron chi connectivity index (χ1n) is 5.64. The number of aliphatic hydroxyl groups is 1. The molecule has 0 saturated heterocycles. The Morgan fingerprint density at radius 3 is 2.47 bits per heavy atom. The van der Waals surface area contributed by atoms with Crippen molar-refractivity contribution in [3.05, 3.63) is 23.8 Å². The predicted octanol–water partition coefficient (Wildman–Crippen LogP) is 2.09. The molecule has 0 saturated carbocycles. The van der Waals surface area contributed by atoms with Gasteiger partial charge in [0, 0.05) is 10.6 Å². The summed E-state index contributed by atoms with van der Waals surface area (Å²) < 4.78 is 12.1. The van der Waals surface area contributed by atoms with Gasteiger partial charge in [0.05, 0.1) is 22.7 Å². The molecule has 0 spiro atoms. The Morgan fingerprint density at radius 2 is 2.00 bits per heavy atom. The van der Waals surface area contributed by atoms with Crippen LogP contribution in [0.15, 0.2) is 23.1 Å². The van der Waals surface area contributed by atoms with Crippen LogP contribution in [0.4, 0.5) is 5.69 Å². The van der Waals surface area contributed by atoms with Gasteiger partial charge >= 0.3 is 0 Å². The summed E-state index contributed by atoms with van der Waals surface area (Å²) in [7, 11) is -1.19. The lowest BCUT2D eigenvalue weighted by Gasteiger charge is -2.25. The summed E-state index contributed by atoms with van der Waals surface area (Å²) in [4.78, 5) is 0.752. The average Bonchev–Trinajstić information content (AvgIpc) is 2.15. The molecule has 2 atom stereocenters. The smallest absolute Gasteiger partial charge is 0.0707 e. The molecule has 4 heteroatoms. The average molecular weight is 255 g/mol. The summed E-state index contributed by atoms with van der Waals surface area (Å²) in [5, 5.41) is 9.95. The summed E-state index contributed by atoms with van der Waals surface area (Å²) in [6, 6.07) is 5.32. The fourth-order valence-corrected chi connectivity index (χ4v) is 3.02. The Kier molecular flexibility index (Phi) is 4.33. The van der Waals surface area contributed by atoms with E-state index in [1.807, 2.05) is 27.7 Å². The van der Waals surface area contributed by atoms with E-state index >= 15 is 0 Å². The summed E-state index contributed by atoms with van der Waals surface area (Å²) in [6.07, 6.45) is -0.583. The van der Waals surface area contributed by atoms with Crippen LogP contribution in [0, 0.1) is 12.3 Å². The fraction of sp³-hybridized carbons (Fsp3) is 0.538. The molecule has 0 fully saturated rings. The van der Waals surface area contributed by atoms with Gasteiger partial charge in [-0.2, -0.15) is 0 Å². The maximum absolute atomic E-state index is 12.1. The zero-order chi connectivity index (χ0) is 13.2. The van der Waals surface area contributed by atoms with Gasteiger partial charge in [-0.3, -0.25) is 4.21 Å². The van der Waals surface area contributed by atoms with Crippen molar-refractivity contribution in [2.45, 2.75) is 38.7 Å². The molecule has 0 aliphatic rings. The highest BCUT2D eigenvalue weighted by Crippen LogP contribution is 2.23. The molecule has 2 unspecified atom stereocenters. The highest BCUT2D eigenvalue weighted by Gasteiger charge is 2.25. The zero-order valence-electron chi connectivity index (χ0n) is 10.9. The number of aryl methyl sites for hydroxylation is 1. The molecule has 96 valence electrons. The number of rotatable bonds is 3. The van der Waals surface area contributed by atoms with Crippen molar-refractivity contribution in [3.63, 3.8) is 0 Å². The standard InChI is InChI=1S/C13H21NO2S/c1-9-7-10(14)5-6-11(9)17(16)8-12(15)13(2,3)4/h5-7,12,15H,8,14H2,1-4H3. The van der Waals surface area contributed by atoms with Crippen molar-refractivity contribution in [1.82, 2.24) is 0 Å². The highest BCUT2D eigenvalue weighted by molar-refractivity contribution is 7.85. The third kappa shape index (κ3) is 3.82. The molecule has 1 aromatic rings. The molecule has 0 radical (unpaired) electrons. The SMILES string of the molecule is Cc1cc(N)ccc1S(=O)CC(O)C(C)(C)C. The molecule has 1 rings (SSSR count). The van der Waals surface area contributed by atoms with E-state index < -0.39 is 16.9 Å². The van der Waals surface area contributed by atoms with E-state index in [1.165, 1.54) is 0 Å². The Labute approximate surface area is 105 Å². The lowest BCUT2D eigenvalue weighted by atomic mass is 9.90. The van der Waals surface area contributed by atoms with Crippen molar-refractivity contribution in [2.75, 3.05) is 11.5 Å². The minimum absolute atomic E-state index is 0.253. The minimum atomic E-state index is -1.19. The monoisotopic (exact) mass is 255 g/mol. The number of hydrogen-bond donors (Lipinski definition) is 2. The molecule has 0 bridgehead atoms. The Morgan fingerprint density at radius 1 is 1.41 bits per heavy atom. The molecule has 0 aliphatic carbocycles. The van der Waals surface area contributed by atoms with Gasteiger partial charge in [-0.15, -0.1) is 0 Å². The number of nitrogens with two attached hydrogens (primary N) is 1. The first-order chi connectivity index (χ1) is 7.71. The van der Waals surface area contributed by atoms with E-state index in [2.05, 4.69) is 0 Å². The van der Waals surface area contributed by atoms with E-state index in [0.29, 0.717) is 5.69 Å². The van der Waals surface area contributed by atoms with Gasteiger partial charge < -0.3 is 10.8 Å². The van der Waals surface area contributed by atoms with Crippen LogP contribution < -0.4 is 5.73 Å². The number of nitrogen functional groups attached to an aromatic ring is 1. The van der Waals surface area contributed by atoms with Crippen LogP contribution in [0.3, 0.4) is 0 Å². The largest absolute Gasteiger partial charge is 0.399 e. The van der Waals surface area contributed by atoms with E-state index in [1.54, 1.807) is 18.2 Å². The number of anilines is 1. The van der Waals surface area contributed by atoms with E-state index in [0.717, 1.165) is 10.5 Å². The molecule has 0 aromatic heterocycles. The second-order valence-electron chi connectivity index (χ2n) is 5.42. The third-order valence-corrected chi connectivity index (χ3v) is 4.32. The van der Waals surface area contributed by atoms with Crippen molar-refractivity contribution in [3.8, 4) is 0 Å². The first kappa shape index (κ1) is 14.2. The summed E-state index contributed by atoms with van der Waals surface area (Å²) in [6.45, 7) is 7.69. The first-order valence-corrected chi connectivity index (χ1v) is 6.96. The maximum atomic E-state index is 12.1. The highest BCUT2D eigenvalue weighted by atomic mass is 32.2. The summed E-state index contributed by atoms with van der Waals surface area (Å²) >= 11 is 0. The lowest BCUT2D eigenvalue weighted by Crippen LogP contribution is -2.31. The van der Waals surface area contributed by atoms with Crippen LogP contribution in [0.5, 0.6) is 0 Å². The van der Waals surface area contributed by atoms with Crippen LogP contribution in [-0.4, -0.2) is 21.2 Å². The van der Waals surface area contributed by atoms with E-state index in [4.69, 9.17) is 5.73 Å². The maximum Gasteiger partial charge on any atom is 0.0707 e. The molecule has 3 N–H and O–H groups in total. The quantitative estimate of drug-likeness (QED) is 0.813. The number of aliphatic hydroxyl groups excluding tert-OH is 1. The van der Waals surface area contributed by atoms with Gasteiger partial charge in [0.15, 0.2) is 0 Å². The summed E-state index contributed by atoms with van der Waals surface area (Å²) in [5.74, 6) is 0.258. The van der Waals surface area contributed by atoms with Gasteiger partial charge in [0.25, 0.3) is 0 Å². The van der Waals surface area contributed by atoms with Gasteiger partial charge in [0.2, 0.25) is 0 Å². The molecule has 1 aromatic carbocycles. The predicted molar refractivity (Wildman–Crippen MR) is 72.3 cm³/mol. The van der Waals surface area contributed by atoms with Crippen LogP contribution in [0.2, 0.25) is 0 Å². The molecule has 17 heavy (non-hydrogen) atoms. The molecular weight excluding hydrogens is 234 g/mol. The number of hydrogen-bond acceptors (Lipinski definition) is 3. The van der Waals surface area contributed by atoms with Gasteiger partial charge in [-0.1, -0.05) is 20.8 Å². The van der Waals surface area contributed by atoms with Crippen LogP contribution in [0.1, 0.15) is 26.3 Å². The molecular formula is C13H21NO2S. The van der Waals surface area contributed by atoms with Crippen LogP contribution >= 0.6 is 0 Å². The molecule has 0 aliphatic heterocycles. The topological polar surface area (TPSA) is 63.3 Å². The Hall–Kier alpha value is -0.870. The lowest BCUT2D eigenvalue weighted by molar-refractivity contribution is 0.0834. The fourth-order valence-electron chi connectivity index (χ4n) is 1.41. The molecule has 0 heterocycles. The Bertz CT molecular complexity index is 424. The normalized spacial score (nSPS) is 15.6. The van der Waals surface area contributed by atoms with Crippen molar-refractivity contribution < 1.29 is 9.32 Å². The second kappa shape index (κ2) is 5.19. The second-order valence-corrected chi connectivity index (χ2v) is 6.88. The van der Waals surface area contributed by atoms with E-state index in [-0.39, 0.29) is 11.2 Å². The molecule has 0 amide bonds. The van der Waals surface area contributed by atoms with Crippen LogP contribution in [-0.2, 0) is 10.8 Å². The minimum Gasteiger partial charge on any atom is -0.399 e. The third-order valence-electron chi connectivity index (χ3n) is 2.75. The van der Waals surface area contributed by atoms with Gasteiger partial charge in [-0.05, 0) is 36.1 Å². The molecule has 3 nitrogen and oxygen atoms in total. The van der Waals surface area contributed by atoms with Crippen molar-refractivity contribution in [1.29, 1.82) is 0 Å². The summed E-state index contributed by atoms with van der Waals surface area (Å²) in [5.41, 5.74) is 6.97. The van der Waals surface area contributed by atoms with Crippen molar-refractivity contribution in [2.24, 2.45) is 5.41 Å². The van der Waals surface area contributed by atoms with E-state index in [9.17, 15) is 9.32 Å².